The van der Waals surface area contributed by atoms with Crippen molar-refractivity contribution in [1.29, 1.82) is 0 Å². The Balaban J connectivity index is 2.30. The summed E-state index contributed by atoms with van der Waals surface area (Å²) >= 11 is 7.67. The first kappa shape index (κ1) is 13.5. The topological polar surface area (TPSA) is 24.9 Å². The zero-order valence-corrected chi connectivity index (χ0v) is 12.2. The predicted molar refractivity (Wildman–Crippen MR) is 78.4 cm³/mol. The second-order valence-corrected chi connectivity index (χ2v) is 6.01. The number of hydrogen-bond acceptors (Lipinski definition) is 3. The largest absolute Gasteiger partial charge is 0.306 e. The van der Waals surface area contributed by atoms with Crippen molar-refractivity contribution in [2.45, 2.75) is 26.3 Å². The van der Waals surface area contributed by atoms with Crippen LogP contribution in [-0.4, -0.2) is 11.5 Å². The molecule has 0 aliphatic heterocycles. The monoisotopic (exact) mass is 280 g/mol. The first-order chi connectivity index (χ1) is 8.70. The molecule has 0 radical (unpaired) electrons. The van der Waals surface area contributed by atoms with Crippen molar-refractivity contribution in [3.63, 3.8) is 0 Å². The molecule has 1 atom stereocenters. The summed E-state index contributed by atoms with van der Waals surface area (Å²) in [5.74, 6) is 0. The molecule has 0 amide bonds. The van der Waals surface area contributed by atoms with E-state index in [9.17, 15) is 0 Å². The molecular formula is C14H17ClN2S. The Morgan fingerprint density at radius 3 is 2.83 bits per heavy atom. The van der Waals surface area contributed by atoms with E-state index in [2.05, 4.69) is 35.4 Å². The molecule has 2 aromatic heterocycles. The molecule has 0 fully saturated rings. The van der Waals surface area contributed by atoms with Crippen LogP contribution in [0.5, 0.6) is 0 Å². The van der Waals surface area contributed by atoms with E-state index in [1.807, 2.05) is 19.2 Å². The molecule has 0 spiro atoms. The average Bonchev–Trinajstić information content (AvgIpc) is 2.76. The van der Waals surface area contributed by atoms with Crippen LogP contribution in [0.1, 0.15) is 35.5 Å². The maximum atomic E-state index is 6.04. The van der Waals surface area contributed by atoms with Gasteiger partial charge in [-0.05, 0) is 49.7 Å². The summed E-state index contributed by atoms with van der Waals surface area (Å²) in [6.07, 6.45) is 2.97. The summed E-state index contributed by atoms with van der Waals surface area (Å²) in [6.45, 7) is 5.17. The van der Waals surface area contributed by atoms with E-state index in [0.29, 0.717) is 0 Å². The summed E-state index contributed by atoms with van der Waals surface area (Å²) in [5, 5.41) is 3.57. The van der Waals surface area contributed by atoms with Gasteiger partial charge in [-0.1, -0.05) is 18.5 Å². The summed E-state index contributed by atoms with van der Waals surface area (Å²) in [5.41, 5.74) is 2.29. The van der Waals surface area contributed by atoms with Crippen molar-refractivity contribution in [3.05, 3.63) is 50.9 Å². The van der Waals surface area contributed by atoms with Crippen molar-refractivity contribution < 1.29 is 0 Å². The van der Waals surface area contributed by atoms with E-state index in [-0.39, 0.29) is 6.04 Å². The number of nitrogens with one attached hydrogen (secondary N) is 1. The summed E-state index contributed by atoms with van der Waals surface area (Å²) in [4.78, 5) is 5.50. The Hall–Kier alpha value is -0.900. The molecule has 1 unspecified atom stereocenters. The Bertz CT molecular complexity index is 510. The SMILES string of the molecule is CCCNC(c1ccnc(C)c1)c1ccc(Cl)s1. The van der Waals surface area contributed by atoms with Gasteiger partial charge in [0.1, 0.15) is 0 Å². The van der Waals surface area contributed by atoms with E-state index in [1.54, 1.807) is 11.3 Å². The third-order valence-corrected chi connectivity index (χ3v) is 4.03. The summed E-state index contributed by atoms with van der Waals surface area (Å²) in [7, 11) is 0. The molecule has 0 bridgehead atoms. The van der Waals surface area contributed by atoms with Gasteiger partial charge in [-0.2, -0.15) is 0 Å². The fourth-order valence-electron chi connectivity index (χ4n) is 1.90. The number of aryl methyl sites for hydroxylation is 1. The van der Waals surface area contributed by atoms with Crippen LogP contribution in [0, 0.1) is 6.92 Å². The van der Waals surface area contributed by atoms with Crippen molar-refractivity contribution in [1.82, 2.24) is 10.3 Å². The average molecular weight is 281 g/mol. The molecule has 4 heteroatoms. The molecule has 18 heavy (non-hydrogen) atoms. The standard InChI is InChI=1S/C14H17ClN2S/c1-3-7-17-14(12-4-5-13(15)18-12)11-6-8-16-10(2)9-11/h4-6,8-9,14,17H,3,7H2,1-2H3. The van der Waals surface area contributed by atoms with Crippen LogP contribution in [0.2, 0.25) is 4.34 Å². The third-order valence-electron chi connectivity index (χ3n) is 2.73. The molecule has 0 saturated carbocycles. The highest BCUT2D eigenvalue weighted by Gasteiger charge is 2.15. The lowest BCUT2D eigenvalue weighted by Gasteiger charge is -2.17. The Labute approximate surface area is 117 Å². The molecule has 2 nitrogen and oxygen atoms in total. The maximum absolute atomic E-state index is 6.04. The van der Waals surface area contributed by atoms with Crippen LogP contribution in [-0.2, 0) is 0 Å². The van der Waals surface area contributed by atoms with E-state index in [0.717, 1.165) is 23.0 Å². The first-order valence-electron chi connectivity index (χ1n) is 6.12. The van der Waals surface area contributed by atoms with Gasteiger partial charge in [0.2, 0.25) is 0 Å². The molecule has 0 aromatic carbocycles. The highest BCUT2D eigenvalue weighted by atomic mass is 35.5. The minimum atomic E-state index is 0.212. The van der Waals surface area contributed by atoms with Gasteiger partial charge in [-0.3, -0.25) is 4.98 Å². The van der Waals surface area contributed by atoms with E-state index in [4.69, 9.17) is 11.6 Å². The lowest BCUT2D eigenvalue weighted by Crippen LogP contribution is -2.22. The van der Waals surface area contributed by atoms with Crippen molar-refractivity contribution >= 4 is 22.9 Å². The van der Waals surface area contributed by atoms with Crippen molar-refractivity contribution in [2.75, 3.05) is 6.54 Å². The zero-order chi connectivity index (χ0) is 13.0. The van der Waals surface area contributed by atoms with Gasteiger partial charge in [-0.15, -0.1) is 11.3 Å². The first-order valence-corrected chi connectivity index (χ1v) is 7.31. The maximum Gasteiger partial charge on any atom is 0.0931 e. The van der Waals surface area contributed by atoms with Crippen LogP contribution in [0.15, 0.2) is 30.5 Å². The lowest BCUT2D eigenvalue weighted by atomic mass is 10.1. The molecule has 0 saturated heterocycles. The molecule has 0 aliphatic rings. The normalized spacial score (nSPS) is 12.6. The van der Waals surface area contributed by atoms with E-state index in [1.165, 1.54) is 10.4 Å². The van der Waals surface area contributed by atoms with Gasteiger partial charge in [0.25, 0.3) is 0 Å². The number of pyridine rings is 1. The van der Waals surface area contributed by atoms with Crippen molar-refractivity contribution in [2.24, 2.45) is 0 Å². The van der Waals surface area contributed by atoms with Crippen molar-refractivity contribution in [3.8, 4) is 0 Å². The molecule has 2 aromatic rings. The van der Waals surface area contributed by atoms with Gasteiger partial charge < -0.3 is 5.32 Å². The molecule has 0 aliphatic carbocycles. The van der Waals surface area contributed by atoms with Crippen LogP contribution < -0.4 is 5.32 Å². The number of hydrogen-bond donors (Lipinski definition) is 1. The van der Waals surface area contributed by atoms with Crippen LogP contribution in [0.4, 0.5) is 0 Å². The van der Waals surface area contributed by atoms with E-state index < -0.39 is 0 Å². The van der Waals surface area contributed by atoms with Crippen LogP contribution >= 0.6 is 22.9 Å². The molecule has 96 valence electrons. The van der Waals surface area contributed by atoms with Gasteiger partial charge in [-0.25, -0.2) is 0 Å². The Morgan fingerprint density at radius 2 is 2.22 bits per heavy atom. The number of nitrogens with zero attached hydrogens (tertiary/aromatic N) is 1. The number of aromatic nitrogens is 1. The van der Waals surface area contributed by atoms with Crippen LogP contribution in [0.3, 0.4) is 0 Å². The summed E-state index contributed by atoms with van der Waals surface area (Å²) < 4.78 is 0.832. The fraction of sp³-hybridized carbons (Fsp3) is 0.357. The predicted octanol–water partition coefficient (Wildman–Crippen LogP) is 4.19. The number of halogens is 1. The third kappa shape index (κ3) is 3.31. The molecule has 2 rings (SSSR count). The van der Waals surface area contributed by atoms with Gasteiger partial charge >= 0.3 is 0 Å². The second-order valence-electron chi connectivity index (χ2n) is 4.26. The molecular weight excluding hydrogens is 264 g/mol. The second kappa shape index (κ2) is 6.32. The quantitative estimate of drug-likeness (QED) is 0.888. The van der Waals surface area contributed by atoms with Gasteiger partial charge in [0, 0.05) is 16.8 Å². The summed E-state index contributed by atoms with van der Waals surface area (Å²) in [6, 6.07) is 8.45. The molecule has 2 heterocycles. The van der Waals surface area contributed by atoms with Crippen LogP contribution in [0.25, 0.3) is 0 Å². The fourth-order valence-corrected chi connectivity index (χ4v) is 3.07. The zero-order valence-electron chi connectivity index (χ0n) is 10.6. The minimum absolute atomic E-state index is 0.212. The highest BCUT2D eigenvalue weighted by molar-refractivity contribution is 7.16. The molecule has 1 N–H and O–H groups in total. The van der Waals surface area contributed by atoms with E-state index >= 15 is 0 Å². The number of thiophene rings is 1. The highest BCUT2D eigenvalue weighted by Crippen LogP contribution is 2.31. The Kier molecular flexibility index (Phi) is 4.75. The van der Waals surface area contributed by atoms with Gasteiger partial charge in [0.05, 0.1) is 10.4 Å². The van der Waals surface area contributed by atoms with Gasteiger partial charge in [0.15, 0.2) is 0 Å². The lowest BCUT2D eigenvalue weighted by molar-refractivity contribution is 0.605. The smallest absolute Gasteiger partial charge is 0.0931 e. The Morgan fingerprint density at radius 1 is 1.39 bits per heavy atom. The number of rotatable bonds is 5. The minimum Gasteiger partial charge on any atom is -0.306 e.